The Labute approximate surface area is 94.8 Å². The number of carbonyl (C=O) groups excluding carboxylic acids is 1. The predicted octanol–water partition coefficient (Wildman–Crippen LogP) is -0.0605. The van der Waals surface area contributed by atoms with Crippen LogP contribution in [0.2, 0.25) is 0 Å². The number of aromatic nitrogens is 1. The molecule has 0 radical (unpaired) electrons. The van der Waals surface area contributed by atoms with Crippen molar-refractivity contribution in [3.63, 3.8) is 0 Å². The lowest BCUT2D eigenvalue weighted by Crippen LogP contribution is -2.35. The average molecular weight is 223 g/mol. The maximum Gasteiger partial charge on any atom is 0.239 e. The molecule has 1 heterocycles. The first kappa shape index (κ1) is 12.3. The summed E-state index contributed by atoms with van der Waals surface area (Å²) in [7, 11) is 1.62. The molecular weight excluding hydrogens is 206 g/mol. The van der Waals surface area contributed by atoms with E-state index >= 15 is 0 Å². The summed E-state index contributed by atoms with van der Waals surface area (Å²) in [6, 6.07) is 3.64. The number of nitrogen functional groups attached to an aromatic ring is 1. The van der Waals surface area contributed by atoms with E-state index in [0.717, 1.165) is 12.2 Å². The summed E-state index contributed by atoms with van der Waals surface area (Å²) in [6.07, 6.45) is 1.65. The van der Waals surface area contributed by atoms with Gasteiger partial charge in [-0.05, 0) is 13.0 Å². The summed E-state index contributed by atoms with van der Waals surface area (Å²) >= 11 is 0. The van der Waals surface area contributed by atoms with Gasteiger partial charge in [-0.25, -0.2) is 10.8 Å². The fourth-order valence-electron chi connectivity index (χ4n) is 1.33. The van der Waals surface area contributed by atoms with Crippen molar-refractivity contribution in [2.75, 3.05) is 30.5 Å². The maximum atomic E-state index is 11.3. The molecule has 1 amide bonds. The molecule has 0 fully saturated rings. The van der Waals surface area contributed by atoms with Gasteiger partial charge >= 0.3 is 0 Å². The number of hydrogen-bond donors (Lipinski definition) is 3. The number of nitrogens with zero attached hydrogens (tertiary/aromatic N) is 2. The molecule has 16 heavy (non-hydrogen) atoms. The van der Waals surface area contributed by atoms with E-state index in [2.05, 4.69) is 15.7 Å². The molecule has 4 N–H and O–H groups in total. The van der Waals surface area contributed by atoms with E-state index in [1.54, 1.807) is 19.3 Å². The van der Waals surface area contributed by atoms with Crippen LogP contribution < -0.4 is 21.5 Å². The number of amides is 1. The molecular formula is C10H17N5O. The number of rotatable bonds is 5. The van der Waals surface area contributed by atoms with Crippen LogP contribution in [-0.2, 0) is 4.79 Å². The summed E-state index contributed by atoms with van der Waals surface area (Å²) in [5.74, 6) is 5.83. The quantitative estimate of drug-likeness (QED) is 0.481. The van der Waals surface area contributed by atoms with E-state index < -0.39 is 0 Å². The molecule has 0 atom stereocenters. The number of carbonyl (C=O) groups is 1. The van der Waals surface area contributed by atoms with Crippen LogP contribution in [0.15, 0.2) is 18.3 Å². The largest absolute Gasteiger partial charge is 0.362 e. The van der Waals surface area contributed by atoms with Crippen LogP contribution in [-0.4, -0.2) is 31.0 Å². The Morgan fingerprint density at radius 2 is 2.38 bits per heavy atom. The van der Waals surface area contributed by atoms with Crippen molar-refractivity contribution in [3.05, 3.63) is 18.3 Å². The number of hydrogen-bond acceptors (Lipinski definition) is 5. The molecule has 88 valence electrons. The van der Waals surface area contributed by atoms with E-state index in [0.29, 0.717) is 12.4 Å². The van der Waals surface area contributed by atoms with Crippen LogP contribution in [0.25, 0.3) is 0 Å². The fourth-order valence-corrected chi connectivity index (χ4v) is 1.33. The molecule has 0 aromatic carbocycles. The van der Waals surface area contributed by atoms with E-state index in [4.69, 9.17) is 5.84 Å². The van der Waals surface area contributed by atoms with Gasteiger partial charge in [-0.2, -0.15) is 0 Å². The highest BCUT2D eigenvalue weighted by molar-refractivity contribution is 5.81. The molecule has 0 unspecified atom stereocenters. The third-order valence-electron chi connectivity index (χ3n) is 2.25. The van der Waals surface area contributed by atoms with E-state index in [1.165, 1.54) is 0 Å². The number of anilines is 2. The summed E-state index contributed by atoms with van der Waals surface area (Å²) in [6.45, 7) is 3.04. The Hall–Kier alpha value is -1.82. The Bertz CT molecular complexity index is 355. The van der Waals surface area contributed by atoms with Crippen molar-refractivity contribution in [2.45, 2.75) is 6.92 Å². The summed E-state index contributed by atoms with van der Waals surface area (Å²) in [5.41, 5.74) is 3.39. The summed E-state index contributed by atoms with van der Waals surface area (Å²) in [5, 5.41) is 2.59. The molecule has 6 nitrogen and oxygen atoms in total. The van der Waals surface area contributed by atoms with E-state index in [1.807, 2.05) is 17.9 Å². The van der Waals surface area contributed by atoms with Crippen LogP contribution in [0.1, 0.15) is 6.92 Å². The molecule has 0 aliphatic carbocycles. The highest BCUT2D eigenvalue weighted by Gasteiger charge is 2.09. The highest BCUT2D eigenvalue weighted by Crippen LogP contribution is 2.15. The van der Waals surface area contributed by atoms with Gasteiger partial charge in [-0.1, -0.05) is 0 Å². The Morgan fingerprint density at radius 3 is 2.94 bits per heavy atom. The highest BCUT2D eigenvalue weighted by atomic mass is 16.1. The average Bonchev–Trinajstić information content (AvgIpc) is 2.35. The number of likely N-dealkylation sites (N-methyl/N-ethyl adjacent to an activating group) is 2. The van der Waals surface area contributed by atoms with Crippen molar-refractivity contribution < 1.29 is 4.79 Å². The molecule has 0 aliphatic rings. The number of nitrogens with one attached hydrogen (secondary N) is 2. The zero-order chi connectivity index (χ0) is 12.0. The van der Waals surface area contributed by atoms with Gasteiger partial charge in [0.15, 0.2) is 0 Å². The SMILES string of the molecule is CCN(CC(=O)NC)c1ccnc(NN)c1. The minimum Gasteiger partial charge on any atom is -0.362 e. The molecule has 0 saturated heterocycles. The monoisotopic (exact) mass is 223 g/mol. The van der Waals surface area contributed by atoms with Crippen LogP contribution in [0.4, 0.5) is 11.5 Å². The lowest BCUT2D eigenvalue weighted by atomic mass is 10.3. The molecule has 1 rings (SSSR count). The van der Waals surface area contributed by atoms with Crippen molar-refractivity contribution >= 4 is 17.4 Å². The van der Waals surface area contributed by atoms with Gasteiger partial charge in [0.1, 0.15) is 5.82 Å². The predicted molar refractivity (Wildman–Crippen MR) is 64.0 cm³/mol. The van der Waals surface area contributed by atoms with Crippen molar-refractivity contribution in [1.82, 2.24) is 10.3 Å². The van der Waals surface area contributed by atoms with E-state index in [9.17, 15) is 4.79 Å². The number of pyridine rings is 1. The molecule has 0 saturated carbocycles. The third kappa shape index (κ3) is 3.09. The fraction of sp³-hybridized carbons (Fsp3) is 0.400. The summed E-state index contributed by atoms with van der Waals surface area (Å²) < 4.78 is 0. The molecule has 1 aromatic rings. The van der Waals surface area contributed by atoms with Gasteiger partial charge in [-0.3, -0.25) is 4.79 Å². The maximum absolute atomic E-state index is 11.3. The van der Waals surface area contributed by atoms with Gasteiger partial charge in [0, 0.05) is 31.5 Å². The Balaban J connectivity index is 2.81. The van der Waals surface area contributed by atoms with Crippen LogP contribution >= 0.6 is 0 Å². The lowest BCUT2D eigenvalue weighted by molar-refractivity contribution is -0.119. The van der Waals surface area contributed by atoms with Crippen molar-refractivity contribution in [3.8, 4) is 0 Å². The van der Waals surface area contributed by atoms with Crippen LogP contribution in [0, 0.1) is 0 Å². The van der Waals surface area contributed by atoms with Gasteiger partial charge in [-0.15, -0.1) is 0 Å². The number of nitrogens with two attached hydrogens (primary N) is 1. The second-order valence-corrected chi connectivity index (χ2v) is 3.23. The third-order valence-corrected chi connectivity index (χ3v) is 2.25. The van der Waals surface area contributed by atoms with Crippen LogP contribution in [0.3, 0.4) is 0 Å². The standard InChI is InChI=1S/C10H17N5O/c1-3-15(7-10(16)12-2)8-4-5-13-9(6-8)14-11/h4-6H,3,7,11H2,1-2H3,(H,12,16)(H,13,14). The van der Waals surface area contributed by atoms with Gasteiger partial charge in [0.2, 0.25) is 5.91 Å². The minimum absolute atomic E-state index is 0.0269. The topological polar surface area (TPSA) is 83.3 Å². The van der Waals surface area contributed by atoms with Gasteiger partial charge in [0.25, 0.3) is 0 Å². The van der Waals surface area contributed by atoms with Crippen LogP contribution in [0.5, 0.6) is 0 Å². The second-order valence-electron chi connectivity index (χ2n) is 3.23. The summed E-state index contributed by atoms with van der Waals surface area (Å²) in [4.78, 5) is 17.2. The first-order valence-electron chi connectivity index (χ1n) is 5.09. The van der Waals surface area contributed by atoms with Crippen molar-refractivity contribution in [1.29, 1.82) is 0 Å². The Kier molecular flexibility index (Phi) is 4.53. The molecule has 0 spiro atoms. The molecule has 1 aromatic heterocycles. The minimum atomic E-state index is -0.0269. The normalized spacial score (nSPS) is 9.69. The second kappa shape index (κ2) is 5.92. The molecule has 0 bridgehead atoms. The zero-order valence-electron chi connectivity index (χ0n) is 9.53. The molecule has 0 aliphatic heterocycles. The van der Waals surface area contributed by atoms with Gasteiger partial charge in [0.05, 0.1) is 6.54 Å². The zero-order valence-corrected chi connectivity index (χ0v) is 9.53. The number of hydrazine groups is 1. The first-order valence-corrected chi connectivity index (χ1v) is 5.09. The first-order chi connectivity index (χ1) is 7.71. The molecule has 6 heteroatoms. The van der Waals surface area contributed by atoms with Crippen molar-refractivity contribution in [2.24, 2.45) is 5.84 Å². The van der Waals surface area contributed by atoms with E-state index in [-0.39, 0.29) is 5.91 Å². The lowest BCUT2D eigenvalue weighted by Gasteiger charge is -2.22. The smallest absolute Gasteiger partial charge is 0.239 e. The Morgan fingerprint density at radius 1 is 1.62 bits per heavy atom. The van der Waals surface area contributed by atoms with Gasteiger partial charge < -0.3 is 15.6 Å².